The zero-order valence-corrected chi connectivity index (χ0v) is 17.6. The third kappa shape index (κ3) is 5.93. The van der Waals surface area contributed by atoms with Crippen LogP contribution in [0, 0.1) is 0 Å². The van der Waals surface area contributed by atoms with E-state index in [0.29, 0.717) is 36.6 Å². The van der Waals surface area contributed by atoms with Crippen LogP contribution in [0.5, 0.6) is 17.2 Å². The van der Waals surface area contributed by atoms with Crippen LogP contribution in [0.3, 0.4) is 0 Å². The number of carbonyl (C=O) groups excluding carboxylic acids is 2. The molecule has 5 rings (SSSR count). The number of nitrogens with one attached hydrogen (secondary N) is 1. The second-order valence-electron chi connectivity index (χ2n) is 7.68. The van der Waals surface area contributed by atoms with E-state index in [4.69, 9.17) is 23.7 Å². The van der Waals surface area contributed by atoms with Crippen LogP contribution in [0.25, 0.3) is 0 Å². The van der Waals surface area contributed by atoms with E-state index in [2.05, 4.69) is 15.2 Å². The average molecular weight is 451 g/mol. The molecule has 2 unspecified atom stereocenters. The Hall–Kier alpha value is -3.76. The fourth-order valence-electron chi connectivity index (χ4n) is 3.00. The normalized spacial score (nSPS) is 18.4. The molecule has 2 aliphatic rings. The van der Waals surface area contributed by atoms with E-state index in [-0.39, 0.29) is 17.8 Å². The Balaban J connectivity index is 1.12. The van der Waals surface area contributed by atoms with Gasteiger partial charge >= 0.3 is 11.9 Å². The lowest BCUT2D eigenvalue weighted by Crippen LogP contribution is -2.13. The predicted molar refractivity (Wildman–Crippen MR) is 112 cm³/mol. The second-order valence-corrected chi connectivity index (χ2v) is 7.68. The summed E-state index contributed by atoms with van der Waals surface area (Å²) in [6.45, 7) is 2.03. The molecule has 2 aromatic carbocycles. The number of ether oxygens (including phenoxy) is 5. The molecule has 1 N–H and O–H groups in total. The van der Waals surface area contributed by atoms with E-state index in [1.54, 1.807) is 36.4 Å². The van der Waals surface area contributed by atoms with E-state index < -0.39 is 11.9 Å². The van der Waals surface area contributed by atoms with Gasteiger partial charge in [0.25, 0.3) is 0 Å². The van der Waals surface area contributed by atoms with Crippen molar-refractivity contribution >= 4 is 11.9 Å². The van der Waals surface area contributed by atoms with E-state index >= 15 is 0 Å². The van der Waals surface area contributed by atoms with Crippen LogP contribution in [0.15, 0.2) is 48.5 Å². The van der Waals surface area contributed by atoms with Crippen LogP contribution < -0.4 is 14.2 Å². The highest BCUT2D eigenvalue weighted by molar-refractivity contribution is 5.91. The molecule has 3 aromatic rings. The van der Waals surface area contributed by atoms with E-state index in [9.17, 15) is 9.59 Å². The first kappa shape index (κ1) is 21.1. The van der Waals surface area contributed by atoms with Crippen LogP contribution in [0.1, 0.15) is 33.2 Å². The van der Waals surface area contributed by atoms with Crippen molar-refractivity contribution in [2.45, 2.75) is 25.0 Å². The number of esters is 2. The van der Waals surface area contributed by atoms with Crippen molar-refractivity contribution in [2.75, 3.05) is 19.8 Å². The van der Waals surface area contributed by atoms with Gasteiger partial charge in [-0.2, -0.15) is 0 Å². The molecule has 33 heavy (non-hydrogen) atoms. The van der Waals surface area contributed by atoms with Gasteiger partial charge in [-0.05, 0) is 54.8 Å². The highest BCUT2D eigenvalue weighted by Crippen LogP contribution is 2.21. The lowest BCUT2D eigenvalue weighted by atomic mass is 10.1. The van der Waals surface area contributed by atoms with E-state index in [1.807, 2.05) is 12.1 Å². The van der Waals surface area contributed by atoms with Gasteiger partial charge in [0, 0.05) is 0 Å². The summed E-state index contributed by atoms with van der Waals surface area (Å²) in [5.74, 6) is -0.674. The summed E-state index contributed by atoms with van der Waals surface area (Å²) in [6, 6.07) is 13.7. The number of hydrogen-bond acceptors (Lipinski definition) is 9. The van der Waals surface area contributed by atoms with Gasteiger partial charge in [0.15, 0.2) is 0 Å². The number of aromatic nitrogens is 3. The number of aromatic amines is 1. The molecule has 1 aromatic heterocycles. The van der Waals surface area contributed by atoms with Crippen molar-refractivity contribution in [3.05, 3.63) is 65.7 Å². The van der Waals surface area contributed by atoms with Crippen LogP contribution in [-0.2, 0) is 15.9 Å². The molecule has 10 heteroatoms. The lowest BCUT2D eigenvalue weighted by molar-refractivity contribution is 0.0722. The SMILES string of the molecule is O=C(Oc1ccc(CCC2CO2)cc1)c1nnc(C(=O)Oc2ccc(OCC3CO3)cc2)[nH]1. The molecule has 2 saturated heterocycles. The second kappa shape index (κ2) is 9.39. The maximum Gasteiger partial charge on any atom is 0.381 e. The van der Waals surface area contributed by atoms with Crippen LogP contribution in [-0.4, -0.2) is 59.1 Å². The van der Waals surface area contributed by atoms with Crippen molar-refractivity contribution in [3.63, 3.8) is 0 Å². The van der Waals surface area contributed by atoms with Crippen molar-refractivity contribution in [3.8, 4) is 17.2 Å². The minimum Gasteiger partial charge on any atom is -0.491 e. The average Bonchev–Trinajstić information content (AvgIpc) is 3.77. The van der Waals surface area contributed by atoms with Crippen molar-refractivity contribution in [1.29, 1.82) is 0 Å². The number of benzene rings is 2. The maximum atomic E-state index is 12.3. The zero-order valence-electron chi connectivity index (χ0n) is 17.6. The summed E-state index contributed by atoms with van der Waals surface area (Å²) in [5, 5.41) is 7.36. The molecular formula is C23H21N3O7. The Morgan fingerprint density at radius 1 is 0.818 bits per heavy atom. The monoisotopic (exact) mass is 451 g/mol. The van der Waals surface area contributed by atoms with Gasteiger partial charge in [-0.3, -0.25) is 0 Å². The minimum absolute atomic E-state index is 0.154. The summed E-state index contributed by atoms with van der Waals surface area (Å²) >= 11 is 0. The third-order valence-electron chi connectivity index (χ3n) is 5.04. The number of hydrogen-bond donors (Lipinski definition) is 1. The van der Waals surface area contributed by atoms with Crippen LogP contribution >= 0.6 is 0 Å². The number of H-pyrrole nitrogens is 1. The summed E-state index contributed by atoms with van der Waals surface area (Å²) < 4.78 is 26.4. The Morgan fingerprint density at radius 3 is 1.88 bits per heavy atom. The molecule has 0 radical (unpaired) electrons. The molecular weight excluding hydrogens is 430 g/mol. The molecule has 0 amide bonds. The van der Waals surface area contributed by atoms with Gasteiger partial charge in [0.1, 0.15) is 30.0 Å². The summed E-state index contributed by atoms with van der Waals surface area (Å²) in [4.78, 5) is 27.2. The maximum absolute atomic E-state index is 12.3. The topological polar surface area (TPSA) is 128 Å². The number of carbonyl (C=O) groups is 2. The molecule has 170 valence electrons. The van der Waals surface area contributed by atoms with E-state index in [1.165, 1.54) is 0 Å². The largest absolute Gasteiger partial charge is 0.491 e. The molecule has 0 saturated carbocycles. The predicted octanol–water partition coefficient (Wildman–Crippen LogP) is 2.35. The number of rotatable bonds is 10. The third-order valence-corrected chi connectivity index (χ3v) is 5.04. The summed E-state index contributed by atoms with van der Waals surface area (Å²) in [6.07, 6.45) is 2.40. The van der Waals surface area contributed by atoms with Gasteiger partial charge in [0.05, 0.1) is 19.3 Å². The first-order chi connectivity index (χ1) is 16.1. The quantitative estimate of drug-likeness (QED) is 0.280. The molecule has 0 aliphatic carbocycles. The zero-order chi connectivity index (χ0) is 22.6. The van der Waals surface area contributed by atoms with E-state index in [0.717, 1.165) is 25.0 Å². The van der Waals surface area contributed by atoms with Gasteiger partial charge in [0.2, 0.25) is 11.6 Å². The molecule has 0 bridgehead atoms. The fraction of sp³-hybridized carbons (Fsp3) is 0.304. The molecule has 2 fully saturated rings. The lowest BCUT2D eigenvalue weighted by Gasteiger charge is -2.06. The summed E-state index contributed by atoms with van der Waals surface area (Å²) in [7, 11) is 0. The van der Waals surface area contributed by atoms with Crippen LogP contribution in [0.2, 0.25) is 0 Å². The molecule has 10 nitrogen and oxygen atoms in total. The van der Waals surface area contributed by atoms with Gasteiger partial charge in [-0.15, -0.1) is 10.2 Å². The Bertz CT molecular complexity index is 1030. The number of epoxide rings is 2. The standard InChI is InChI=1S/C23H21N3O7/c27-22(32-16-4-1-14(2-5-16)3-6-18-11-30-18)20-24-21(26-25-20)23(28)33-17-9-7-15(8-10-17)29-12-19-13-31-19/h1-2,4-5,7-10,18-19H,3,6,11-13H2,(H,24,25,26). The Kier molecular flexibility index (Phi) is 6.01. The smallest absolute Gasteiger partial charge is 0.381 e. The van der Waals surface area contributed by atoms with Crippen molar-refractivity contribution in [2.24, 2.45) is 0 Å². The highest BCUT2D eigenvalue weighted by atomic mass is 16.6. The molecule has 0 spiro atoms. The molecule has 3 heterocycles. The van der Waals surface area contributed by atoms with Gasteiger partial charge < -0.3 is 28.7 Å². The number of nitrogens with zero attached hydrogens (tertiary/aromatic N) is 2. The fourth-order valence-corrected chi connectivity index (χ4v) is 3.00. The highest BCUT2D eigenvalue weighted by Gasteiger charge is 2.23. The molecule has 2 atom stereocenters. The minimum atomic E-state index is -0.786. The Labute approximate surface area is 188 Å². The Morgan fingerprint density at radius 2 is 1.33 bits per heavy atom. The van der Waals surface area contributed by atoms with Crippen molar-refractivity contribution in [1.82, 2.24) is 15.2 Å². The van der Waals surface area contributed by atoms with Gasteiger partial charge in [-0.1, -0.05) is 12.1 Å². The molecule has 2 aliphatic heterocycles. The first-order valence-electron chi connectivity index (χ1n) is 10.5. The van der Waals surface area contributed by atoms with Gasteiger partial charge in [-0.25, -0.2) is 9.59 Å². The first-order valence-corrected chi connectivity index (χ1v) is 10.5. The summed E-state index contributed by atoms with van der Waals surface area (Å²) in [5.41, 5.74) is 1.13. The van der Waals surface area contributed by atoms with Crippen LogP contribution in [0.4, 0.5) is 0 Å². The number of aryl methyl sites for hydroxylation is 1. The van der Waals surface area contributed by atoms with Crippen molar-refractivity contribution < 1.29 is 33.3 Å².